The molecule has 3 aromatic carbocycles. The van der Waals surface area contributed by atoms with E-state index in [9.17, 15) is 14.5 Å². The lowest BCUT2D eigenvalue weighted by atomic mass is 10.2. The van der Waals surface area contributed by atoms with Crippen LogP contribution in [0.1, 0.15) is 0 Å². The summed E-state index contributed by atoms with van der Waals surface area (Å²) in [5, 5.41) is 11.2. The van der Waals surface area contributed by atoms with Crippen LogP contribution in [0, 0.1) is 15.9 Å². The lowest BCUT2D eigenvalue weighted by Gasteiger charge is -2.12. The lowest BCUT2D eigenvalue weighted by Crippen LogP contribution is -1.98. The minimum atomic E-state index is -0.566. The monoisotopic (exact) mass is 356 g/mol. The first kappa shape index (κ1) is 16.8. The van der Waals surface area contributed by atoms with Crippen molar-refractivity contribution in [1.82, 2.24) is 0 Å². The van der Waals surface area contributed by atoms with Gasteiger partial charge in [-0.2, -0.15) is 0 Å². The van der Waals surface area contributed by atoms with Crippen LogP contribution in [0.15, 0.2) is 76.5 Å². The van der Waals surface area contributed by atoms with Gasteiger partial charge in [0.15, 0.2) is 0 Å². The highest BCUT2D eigenvalue weighted by Gasteiger charge is 2.18. The minimum Gasteiger partial charge on any atom is -0.456 e. The molecule has 0 bridgehead atoms. The molecule has 126 valence electrons. The van der Waals surface area contributed by atoms with Gasteiger partial charge in [-0.1, -0.05) is 36.0 Å². The highest BCUT2D eigenvalue weighted by atomic mass is 32.2. The number of nitrogens with zero attached hydrogens (tertiary/aromatic N) is 1. The molecule has 0 atom stereocenters. The first-order chi connectivity index (χ1) is 12.0. The van der Waals surface area contributed by atoms with Crippen molar-refractivity contribution in [3.63, 3.8) is 0 Å². The Kier molecular flexibility index (Phi) is 4.85. The topological polar surface area (TPSA) is 78.4 Å². The molecule has 0 saturated carbocycles. The van der Waals surface area contributed by atoms with Gasteiger partial charge in [-0.3, -0.25) is 10.1 Å². The predicted molar refractivity (Wildman–Crippen MR) is 94.5 cm³/mol. The largest absolute Gasteiger partial charge is 0.456 e. The van der Waals surface area contributed by atoms with E-state index in [2.05, 4.69) is 0 Å². The second-order valence-electron chi connectivity index (χ2n) is 5.09. The highest BCUT2D eigenvalue weighted by Crippen LogP contribution is 2.42. The smallest absolute Gasteiger partial charge is 0.295 e. The molecule has 2 N–H and O–H groups in total. The Hall–Kier alpha value is -3.06. The molecule has 3 rings (SSSR count). The summed E-state index contributed by atoms with van der Waals surface area (Å²) >= 11 is 1.21. The van der Waals surface area contributed by atoms with Crippen LogP contribution < -0.4 is 10.5 Å². The second kappa shape index (κ2) is 7.23. The maximum Gasteiger partial charge on any atom is 0.295 e. The van der Waals surface area contributed by atoms with E-state index in [1.165, 1.54) is 36.0 Å². The number of nitro groups is 1. The molecule has 0 amide bonds. The summed E-state index contributed by atoms with van der Waals surface area (Å²) in [5.41, 5.74) is 5.56. The Bertz CT molecular complexity index is 919. The number of benzene rings is 3. The van der Waals surface area contributed by atoms with Gasteiger partial charge in [-0.15, -0.1) is 0 Å². The first-order valence-corrected chi connectivity index (χ1v) is 8.09. The molecule has 0 aromatic heterocycles. The molecule has 0 fully saturated rings. The molecule has 0 heterocycles. The summed E-state index contributed by atoms with van der Waals surface area (Å²) in [6, 6.07) is 17.7. The van der Waals surface area contributed by atoms with Crippen LogP contribution in [0.5, 0.6) is 11.5 Å². The molecule has 3 aromatic rings. The Labute approximate surface area is 147 Å². The maximum absolute atomic E-state index is 13.4. The number of hydrogen-bond donors (Lipinski definition) is 1. The van der Waals surface area contributed by atoms with E-state index in [-0.39, 0.29) is 22.9 Å². The second-order valence-corrected chi connectivity index (χ2v) is 6.20. The van der Waals surface area contributed by atoms with Crippen molar-refractivity contribution in [2.45, 2.75) is 9.79 Å². The number of nitrogens with two attached hydrogens (primary N) is 1. The van der Waals surface area contributed by atoms with Gasteiger partial charge in [0, 0.05) is 4.90 Å². The normalized spacial score (nSPS) is 10.4. The van der Waals surface area contributed by atoms with E-state index in [4.69, 9.17) is 10.5 Å². The molecular formula is C18H13FN2O3S. The van der Waals surface area contributed by atoms with Crippen molar-refractivity contribution in [3.05, 3.63) is 82.7 Å². The number of nitrogen functional groups attached to an aromatic ring is 1. The van der Waals surface area contributed by atoms with Crippen molar-refractivity contribution in [3.8, 4) is 11.5 Å². The fraction of sp³-hybridized carbons (Fsp3) is 0. The Morgan fingerprint density at radius 2 is 1.80 bits per heavy atom. The molecule has 0 unspecified atom stereocenters. The highest BCUT2D eigenvalue weighted by molar-refractivity contribution is 7.99. The van der Waals surface area contributed by atoms with Crippen molar-refractivity contribution in [2.24, 2.45) is 0 Å². The van der Waals surface area contributed by atoms with Gasteiger partial charge in [0.25, 0.3) is 5.69 Å². The maximum atomic E-state index is 13.4. The minimum absolute atomic E-state index is 0.0179. The van der Waals surface area contributed by atoms with Crippen LogP contribution in [-0.4, -0.2) is 4.92 Å². The van der Waals surface area contributed by atoms with Crippen LogP contribution in [-0.2, 0) is 0 Å². The van der Waals surface area contributed by atoms with Gasteiger partial charge in [0.2, 0.25) is 0 Å². The van der Waals surface area contributed by atoms with Crippen molar-refractivity contribution in [1.29, 1.82) is 0 Å². The molecule has 0 aliphatic heterocycles. The quantitative estimate of drug-likeness (QED) is 0.383. The molecule has 25 heavy (non-hydrogen) atoms. The van der Waals surface area contributed by atoms with Crippen LogP contribution >= 0.6 is 11.8 Å². The van der Waals surface area contributed by atoms with E-state index in [1.54, 1.807) is 36.4 Å². The first-order valence-electron chi connectivity index (χ1n) is 7.27. The number of rotatable bonds is 5. The third-order valence-electron chi connectivity index (χ3n) is 3.28. The van der Waals surface area contributed by atoms with Crippen LogP contribution in [0.2, 0.25) is 0 Å². The zero-order valence-corrected chi connectivity index (χ0v) is 13.7. The summed E-state index contributed by atoms with van der Waals surface area (Å²) in [6.07, 6.45) is 0. The van der Waals surface area contributed by atoms with E-state index in [1.807, 2.05) is 6.07 Å². The zero-order chi connectivity index (χ0) is 17.8. The molecule has 7 heteroatoms. The van der Waals surface area contributed by atoms with Crippen LogP contribution in [0.4, 0.5) is 15.8 Å². The fourth-order valence-electron chi connectivity index (χ4n) is 2.16. The summed E-state index contributed by atoms with van der Waals surface area (Å²) in [5.74, 6) is 0.439. The summed E-state index contributed by atoms with van der Waals surface area (Å²) < 4.78 is 19.2. The summed E-state index contributed by atoms with van der Waals surface area (Å²) in [6.45, 7) is 0. The third kappa shape index (κ3) is 4.07. The number of halogens is 1. The molecule has 0 aliphatic carbocycles. The average molecular weight is 356 g/mol. The van der Waals surface area contributed by atoms with Gasteiger partial charge < -0.3 is 10.5 Å². The number of hydrogen-bond acceptors (Lipinski definition) is 5. The predicted octanol–water partition coefficient (Wildman–Crippen LogP) is 5.26. The Morgan fingerprint density at radius 3 is 2.48 bits per heavy atom. The standard InChI is InChI=1S/C18H13FN2O3S/c19-12-5-4-8-14(9-12)25-18-10-15(20)16(21(22)23)11-17(18)24-13-6-2-1-3-7-13/h1-11H,20H2. The summed E-state index contributed by atoms with van der Waals surface area (Å²) in [7, 11) is 0. The molecule has 0 aliphatic rings. The van der Waals surface area contributed by atoms with E-state index < -0.39 is 4.92 Å². The Morgan fingerprint density at radius 1 is 1.04 bits per heavy atom. The molecule has 0 spiro atoms. The van der Waals surface area contributed by atoms with Crippen LogP contribution in [0.3, 0.4) is 0 Å². The number of ether oxygens (including phenoxy) is 1. The molecule has 5 nitrogen and oxygen atoms in total. The van der Waals surface area contributed by atoms with Crippen molar-refractivity contribution in [2.75, 3.05) is 5.73 Å². The van der Waals surface area contributed by atoms with E-state index in [0.29, 0.717) is 15.5 Å². The fourth-order valence-corrected chi connectivity index (χ4v) is 3.11. The van der Waals surface area contributed by atoms with Crippen LogP contribution in [0.25, 0.3) is 0 Å². The molecule has 0 radical (unpaired) electrons. The van der Waals surface area contributed by atoms with Gasteiger partial charge in [0.1, 0.15) is 23.0 Å². The lowest BCUT2D eigenvalue weighted by molar-refractivity contribution is -0.384. The number of nitro benzene ring substituents is 1. The SMILES string of the molecule is Nc1cc(Sc2cccc(F)c2)c(Oc2ccccc2)cc1[N+](=O)[O-]. The van der Waals surface area contributed by atoms with E-state index >= 15 is 0 Å². The third-order valence-corrected chi connectivity index (χ3v) is 4.31. The number of anilines is 1. The molecular weight excluding hydrogens is 343 g/mol. The zero-order valence-electron chi connectivity index (χ0n) is 12.9. The average Bonchev–Trinajstić information content (AvgIpc) is 2.58. The Balaban J connectivity index is 2.02. The summed E-state index contributed by atoms with van der Waals surface area (Å²) in [4.78, 5) is 11.8. The molecule has 0 saturated heterocycles. The van der Waals surface area contributed by atoms with Crippen molar-refractivity contribution >= 4 is 23.1 Å². The van der Waals surface area contributed by atoms with Gasteiger partial charge >= 0.3 is 0 Å². The van der Waals surface area contributed by atoms with Gasteiger partial charge in [-0.05, 0) is 36.4 Å². The van der Waals surface area contributed by atoms with Gasteiger partial charge in [0.05, 0.1) is 15.9 Å². The van der Waals surface area contributed by atoms with Gasteiger partial charge in [-0.25, -0.2) is 4.39 Å². The van der Waals surface area contributed by atoms with E-state index in [0.717, 1.165) is 0 Å². The van der Waals surface area contributed by atoms with Crippen molar-refractivity contribution < 1.29 is 14.1 Å². The number of para-hydroxylation sites is 1.